The Morgan fingerprint density at radius 2 is 1.77 bits per heavy atom. The molecule has 6 heteroatoms. The normalized spacial score (nSPS) is 11.6. The van der Waals surface area contributed by atoms with Gasteiger partial charge in [-0.2, -0.15) is 0 Å². The first-order valence-corrected chi connectivity index (χ1v) is 7.28. The van der Waals surface area contributed by atoms with E-state index in [1.165, 1.54) is 25.1 Å². The second-order valence-electron chi connectivity index (χ2n) is 4.52. The third kappa shape index (κ3) is 4.14. The molecule has 0 heterocycles. The molecular formula is C16H13BrFNO3. The fourth-order valence-corrected chi connectivity index (χ4v) is 1.95. The Morgan fingerprint density at radius 3 is 2.41 bits per heavy atom. The van der Waals surface area contributed by atoms with Crippen molar-refractivity contribution >= 4 is 33.5 Å². The number of hydrogen-bond donors (Lipinski definition) is 1. The Bertz CT molecular complexity index is 688. The number of hydrogen-bond acceptors (Lipinski definition) is 3. The first kappa shape index (κ1) is 16.2. The molecule has 1 amide bonds. The Hall–Kier alpha value is -2.21. The van der Waals surface area contributed by atoms with E-state index in [0.717, 1.165) is 10.5 Å². The van der Waals surface area contributed by atoms with Gasteiger partial charge in [0.25, 0.3) is 5.91 Å². The van der Waals surface area contributed by atoms with Crippen LogP contribution in [0, 0.1) is 5.82 Å². The summed E-state index contributed by atoms with van der Waals surface area (Å²) in [7, 11) is 0. The van der Waals surface area contributed by atoms with Crippen LogP contribution in [-0.2, 0) is 9.53 Å². The average Bonchev–Trinajstić information content (AvgIpc) is 2.49. The predicted octanol–water partition coefficient (Wildman–Crippen LogP) is 3.77. The first-order valence-electron chi connectivity index (χ1n) is 6.49. The van der Waals surface area contributed by atoms with Gasteiger partial charge in [0.2, 0.25) is 0 Å². The predicted molar refractivity (Wildman–Crippen MR) is 84.0 cm³/mol. The number of ether oxygens (including phenoxy) is 1. The fraction of sp³-hybridized carbons (Fsp3) is 0.125. The Balaban J connectivity index is 1.98. The number of anilines is 1. The topological polar surface area (TPSA) is 55.4 Å². The van der Waals surface area contributed by atoms with E-state index in [0.29, 0.717) is 5.69 Å². The average molecular weight is 366 g/mol. The van der Waals surface area contributed by atoms with Crippen molar-refractivity contribution in [1.82, 2.24) is 0 Å². The van der Waals surface area contributed by atoms with Crippen LogP contribution in [0.5, 0.6) is 0 Å². The highest BCUT2D eigenvalue weighted by Crippen LogP contribution is 2.15. The van der Waals surface area contributed by atoms with Gasteiger partial charge in [0.05, 0.1) is 5.56 Å². The zero-order valence-corrected chi connectivity index (χ0v) is 13.3. The van der Waals surface area contributed by atoms with Crippen LogP contribution in [0.15, 0.2) is 53.0 Å². The van der Waals surface area contributed by atoms with E-state index in [2.05, 4.69) is 21.2 Å². The van der Waals surface area contributed by atoms with Gasteiger partial charge in [0.15, 0.2) is 6.10 Å². The highest BCUT2D eigenvalue weighted by molar-refractivity contribution is 9.10. The molecule has 0 unspecified atom stereocenters. The van der Waals surface area contributed by atoms with E-state index < -0.39 is 23.8 Å². The molecular weight excluding hydrogens is 353 g/mol. The SMILES string of the molecule is C[C@H](OC(=O)c1ccccc1F)C(=O)Nc1ccc(Br)cc1. The van der Waals surface area contributed by atoms with Gasteiger partial charge in [0, 0.05) is 10.2 Å². The van der Waals surface area contributed by atoms with Crippen LogP contribution in [0.1, 0.15) is 17.3 Å². The van der Waals surface area contributed by atoms with Crippen LogP contribution in [0.25, 0.3) is 0 Å². The van der Waals surface area contributed by atoms with Crippen LogP contribution >= 0.6 is 15.9 Å². The second kappa shape index (κ2) is 7.17. The number of carbonyl (C=O) groups is 2. The molecule has 2 aromatic rings. The van der Waals surface area contributed by atoms with Gasteiger partial charge in [-0.15, -0.1) is 0 Å². The summed E-state index contributed by atoms with van der Waals surface area (Å²) >= 11 is 3.29. The van der Waals surface area contributed by atoms with Gasteiger partial charge in [-0.25, -0.2) is 9.18 Å². The van der Waals surface area contributed by atoms with Crippen molar-refractivity contribution in [3.05, 3.63) is 64.4 Å². The largest absolute Gasteiger partial charge is 0.449 e. The zero-order valence-electron chi connectivity index (χ0n) is 11.7. The van der Waals surface area contributed by atoms with Crippen molar-refractivity contribution < 1.29 is 18.7 Å². The van der Waals surface area contributed by atoms with Gasteiger partial charge in [-0.1, -0.05) is 28.1 Å². The molecule has 4 nitrogen and oxygen atoms in total. The number of carbonyl (C=O) groups excluding carboxylic acids is 2. The van der Waals surface area contributed by atoms with Crippen molar-refractivity contribution in [1.29, 1.82) is 0 Å². The number of rotatable bonds is 4. The van der Waals surface area contributed by atoms with E-state index in [4.69, 9.17) is 4.74 Å². The molecule has 0 aliphatic rings. The molecule has 0 saturated carbocycles. The minimum absolute atomic E-state index is 0.203. The Morgan fingerprint density at radius 1 is 1.14 bits per heavy atom. The lowest BCUT2D eigenvalue weighted by molar-refractivity contribution is -0.123. The van der Waals surface area contributed by atoms with Gasteiger partial charge in [0.1, 0.15) is 5.82 Å². The third-order valence-electron chi connectivity index (χ3n) is 2.86. The lowest BCUT2D eigenvalue weighted by Gasteiger charge is -2.13. The smallest absolute Gasteiger partial charge is 0.341 e. The summed E-state index contributed by atoms with van der Waals surface area (Å²) < 4.78 is 19.3. The maximum Gasteiger partial charge on any atom is 0.341 e. The van der Waals surface area contributed by atoms with Crippen LogP contribution in [0.2, 0.25) is 0 Å². The summed E-state index contributed by atoms with van der Waals surface area (Å²) in [4.78, 5) is 23.8. The van der Waals surface area contributed by atoms with Crippen molar-refractivity contribution in [2.75, 3.05) is 5.32 Å². The fourth-order valence-electron chi connectivity index (χ4n) is 1.68. The molecule has 2 rings (SSSR count). The lowest BCUT2D eigenvalue weighted by atomic mass is 10.2. The highest BCUT2D eigenvalue weighted by Gasteiger charge is 2.20. The summed E-state index contributed by atoms with van der Waals surface area (Å²) in [5, 5.41) is 2.61. The number of amides is 1. The molecule has 2 aromatic carbocycles. The molecule has 0 radical (unpaired) electrons. The molecule has 1 N–H and O–H groups in total. The summed E-state index contributed by atoms with van der Waals surface area (Å²) in [6.07, 6.45) is -1.05. The third-order valence-corrected chi connectivity index (χ3v) is 3.39. The summed E-state index contributed by atoms with van der Waals surface area (Å²) in [5.74, 6) is -2.06. The molecule has 0 saturated heterocycles. The molecule has 0 fully saturated rings. The van der Waals surface area contributed by atoms with Gasteiger partial charge >= 0.3 is 5.97 Å². The zero-order chi connectivity index (χ0) is 16.1. The van der Waals surface area contributed by atoms with E-state index in [1.807, 2.05) is 0 Å². The lowest BCUT2D eigenvalue weighted by Crippen LogP contribution is -2.30. The van der Waals surface area contributed by atoms with Crippen LogP contribution < -0.4 is 5.32 Å². The number of halogens is 2. The summed E-state index contributed by atoms with van der Waals surface area (Å²) in [6, 6.07) is 12.4. The van der Waals surface area contributed by atoms with Gasteiger partial charge in [-0.3, -0.25) is 4.79 Å². The highest BCUT2D eigenvalue weighted by atomic mass is 79.9. The summed E-state index contributed by atoms with van der Waals surface area (Å²) in [5.41, 5.74) is 0.368. The minimum atomic E-state index is -1.05. The molecule has 0 aromatic heterocycles. The van der Waals surface area contributed by atoms with Gasteiger partial charge in [-0.05, 0) is 43.3 Å². The molecule has 0 spiro atoms. The maximum absolute atomic E-state index is 13.5. The standard InChI is InChI=1S/C16H13BrFNO3/c1-10(15(20)19-12-8-6-11(17)7-9-12)22-16(21)13-4-2-3-5-14(13)18/h2-10H,1H3,(H,19,20)/t10-/m0/s1. The van der Waals surface area contributed by atoms with Crippen LogP contribution in [0.4, 0.5) is 10.1 Å². The molecule has 0 bridgehead atoms. The first-order chi connectivity index (χ1) is 10.5. The molecule has 1 atom stereocenters. The maximum atomic E-state index is 13.5. The molecule has 0 aliphatic carbocycles. The van der Waals surface area contributed by atoms with Crippen LogP contribution in [-0.4, -0.2) is 18.0 Å². The molecule has 114 valence electrons. The van der Waals surface area contributed by atoms with Gasteiger partial charge < -0.3 is 10.1 Å². The van der Waals surface area contributed by atoms with E-state index in [9.17, 15) is 14.0 Å². The second-order valence-corrected chi connectivity index (χ2v) is 5.44. The Kier molecular flexibility index (Phi) is 5.27. The number of benzene rings is 2. The monoisotopic (exact) mass is 365 g/mol. The number of esters is 1. The van der Waals surface area contributed by atoms with Crippen molar-refractivity contribution in [3.63, 3.8) is 0 Å². The van der Waals surface area contributed by atoms with E-state index in [-0.39, 0.29) is 5.56 Å². The van der Waals surface area contributed by atoms with E-state index in [1.54, 1.807) is 24.3 Å². The minimum Gasteiger partial charge on any atom is -0.449 e. The van der Waals surface area contributed by atoms with Crippen molar-refractivity contribution in [2.24, 2.45) is 0 Å². The van der Waals surface area contributed by atoms with E-state index >= 15 is 0 Å². The Labute approximate surface area is 135 Å². The molecule has 0 aliphatic heterocycles. The van der Waals surface area contributed by atoms with Crippen LogP contribution in [0.3, 0.4) is 0 Å². The van der Waals surface area contributed by atoms with Crippen molar-refractivity contribution in [2.45, 2.75) is 13.0 Å². The molecule has 22 heavy (non-hydrogen) atoms. The summed E-state index contributed by atoms with van der Waals surface area (Å²) in [6.45, 7) is 1.42. The number of nitrogens with one attached hydrogen (secondary N) is 1. The quantitative estimate of drug-likeness (QED) is 0.839. The van der Waals surface area contributed by atoms with Crippen molar-refractivity contribution in [3.8, 4) is 0 Å².